The molecule has 1 aliphatic rings. The van der Waals surface area contributed by atoms with Crippen LogP contribution in [0.4, 0.5) is 5.13 Å². The maximum Gasteiger partial charge on any atom is 0.495 e. The van der Waals surface area contributed by atoms with E-state index in [0.29, 0.717) is 10.7 Å². The first kappa shape index (κ1) is 17.1. The van der Waals surface area contributed by atoms with E-state index in [0.717, 1.165) is 11.0 Å². The van der Waals surface area contributed by atoms with Gasteiger partial charge in [-0.15, -0.1) is 11.3 Å². The van der Waals surface area contributed by atoms with Gasteiger partial charge in [0.1, 0.15) is 0 Å². The van der Waals surface area contributed by atoms with Crippen molar-refractivity contribution >= 4 is 35.0 Å². The number of rotatable bonds is 3. The van der Waals surface area contributed by atoms with Crippen molar-refractivity contribution in [3.8, 4) is 0 Å². The molecule has 1 aromatic heterocycles. The lowest BCUT2D eigenvalue weighted by atomic mass is 9.75. The fraction of sp³-hybridized carbons (Fsp3) is 0.412. The zero-order valence-electron chi connectivity index (χ0n) is 14.5. The van der Waals surface area contributed by atoms with Crippen molar-refractivity contribution in [2.24, 2.45) is 0 Å². The highest BCUT2D eigenvalue weighted by atomic mass is 32.1. The molecule has 1 aromatic carbocycles. The van der Waals surface area contributed by atoms with Crippen LogP contribution >= 0.6 is 11.3 Å². The van der Waals surface area contributed by atoms with E-state index in [-0.39, 0.29) is 5.91 Å². The Morgan fingerprint density at radius 3 is 2.46 bits per heavy atom. The van der Waals surface area contributed by atoms with Gasteiger partial charge in [-0.3, -0.25) is 10.1 Å². The Morgan fingerprint density at radius 1 is 1.21 bits per heavy atom. The number of anilines is 1. The van der Waals surface area contributed by atoms with Crippen LogP contribution in [0.5, 0.6) is 0 Å². The fourth-order valence-electron chi connectivity index (χ4n) is 2.46. The molecule has 1 aliphatic heterocycles. The second-order valence-corrected chi connectivity index (χ2v) is 7.85. The summed E-state index contributed by atoms with van der Waals surface area (Å²) in [5.74, 6) is -0.192. The third-order valence-corrected chi connectivity index (χ3v) is 5.39. The van der Waals surface area contributed by atoms with Gasteiger partial charge in [0.25, 0.3) is 5.91 Å². The van der Waals surface area contributed by atoms with Gasteiger partial charge in [-0.25, -0.2) is 4.98 Å². The Morgan fingerprint density at radius 2 is 1.88 bits per heavy atom. The number of benzene rings is 1. The van der Waals surface area contributed by atoms with Crippen LogP contribution in [0.25, 0.3) is 0 Å². The molecule has 1 fully saturated rings. The topological polar surface area (TPSA) is 60.5 Å². The van der Waals surface area contributed by atoms with Gasteiger partial charge in [-0.2, -0.15) is 0 Å². The maximum atomic E-state index is 12.4. The first-order chi connectivity index (χ1) is 11.2. The van der Waals surface area contributed by atoms with Gasteiger partial charge < -0.3 is 9.31 Å². The number of hydrogen-bond acceptors (Lipinski definition) is 5. The lowest BCUT2D eigenvalue weighted by Crippen LogP contribution is -2.41. The molecule has 0 unspecified atom stereocenters. The van der Waals surface area contributed by atoms with E-state index in [1.54, 1.807) is 12.3 Å². The third kappa shape index (κ3) is 3.11. The molecule has 3 rings (SSSR count). The van der Waals surface area contributed by atoms with Gasteiger partial charge in [0.2, 0.25) is 0 Å². The lowest BCUT2D eigenvalue weighted by molar-refractivity contribution is 0.00578. The van der Waals surface area contributed by atoms with Crippen LogP contribution in [-0.4, -0.2) is 29.2 Å². The summed E-state index contributed by atoms with van der Waals surface area (Å²) >= 11 is 1.39. The Labute approximate surface area is 146 Å². The largest absolute Gasteiger partial charge is 0.495 e. The highest BCUT2D eigenvalue weighted by Crippen LogP contribution is 2.36. The normalized spacial score (nSPS) is 18.6. The average molecular weight is 344 g/mol. The summed E-state index contributed by atoms with van der Waals surface area (Å²) in [6.45, 7) is 10.0. The van der Waals surface area contributed by atoms with Crippen molar-refractivity contribution in [3.63, 3.8) is 0 Å². The van der Waals surface area contributed by atoms with E-state index < -0.39 is 18.3 Å². The molecule has 0 bridgehead atoms. The van der Waals surface area contributed by atoms with Crippen LogP contribution in [0.3, 0.4) is 0 Å². The predicted octanol–water partition coefficient (Wildman–Crippen LogP) is 3.00. The third-order valence-electron chi connectivity index (χ3n) is 4.70. The predicted molar refractivity (Wildman–Crippen MR) is 97.0 cm³/mol. The van der Waals surface area contributed by atoms with E-state index in [1.807, 2.05) is 52.1 Å². The van der Waals surface area contributed by atoms with Crippen molar-refractivity contribution in [1.82, 2.24) is 4.98 Å². The minimum Gasteiger partial charge on any atom is -0.399 e. The number of thiazole rings is 1. The van der Waals surface area contributed by atoms with Crippen molar-refractivity contribution in [1.29, 1.82) is 0 Å². The first-order valence-corrected chi connectivity index (χ1v) is 8.75. The molecule has 1 amide bonds. The molecular weight excluding hydrogens is 323 g/mol. The smallest absolute Gasteiger partial charge is 0.399 e. The average Bonchev–Trinajstić information content (AvgIpc) is 3.05. The highest BCUT2D eigenvalue weighted by Gasteiger charge is 2.52. The van der Waals surface area contributed by atoms with Gasteiger partial charge in [0, 0.05) is 17.1 Å². The number of nitrogens with one attached hydrogen (secondary N) is 1. The van der Waals surface area contributed by atoms with Crippen LogP contribution in [0.2, 0.25) is 0 Å². The quantitative estimate of drug-likeness (QED) is 0.870. The number of carbonyl (C=O) groups excluding carboxylic acids is 1. The molecule has 5 nitrogen and oxygen atoms in total. The molecule has 0 spiro atoms. The molecule has 0 radical (unpaired) electrons. The molecular formula is C17H21BN2O3S. The summed E-state index contributed by atoms with van der Waals surface area (Å²) in [5, 5.41) is 5.20. The van der Waals surface area contributed by atoms with Crippen molar-refractivity contribution < 1.29 is 14.1 Å². The number of carbonyl (C=O) groups is 1. The van der Waals surface area contributed by atoms with Crippen molar-refractivity contribution in [2.45, 2.75) is 45.8 Å². The zero-order chi connectivity index (χ0) is 17.5. The summed E-state index contributed by atoms with van der Waals surface area (Å²) in [6.07, 6.45) is 1.66. The summed E-state index contributed by atoms with van der Waals surface area (Å²) in [4.78, 5) is 16.5. The summed E-state index contributed by atoms with van der Waals surface area (Å²) < 4.78 is 12.2. The summed E-state index contributed by atoms with van der Waals surface area (Å²) in [5.41, 5.74) is 1.63. The van der Waals surface area contributed by atoms with Crippen molar-refractivity contribution in [2.75, 3.05) is 5.32 Å². The molecule has 126 valence electrons. The summed E-state index contributed by atoms with van der Waals surface area (Å²) in [7, 11) is -0.484. The van der Waals surface area contributed by atoms with Crippen LogP contribution in [0, 0.1) is 6.92 Å². The molecule has 1 N–H and O–H groups in total. The molecule has 1 saturated heterocycles. The maximum absolute atomic E-state index is 12.4. The summed E-state index contributed by atoms with van der Waals surface area (Å²) in [6, 6.07) is 5.55. The van der Waals surface area contributed by atoms with E-state index >= 15 is 0 Å². The lowest BCUT2D eigenvalue weighted by Gasteiger charge is -2.32. The zero-order valence-corrected chi connectivity index (χ0v) is 15.4. The van der Waals surface area contributed by atoms with Gasteiger partial charge in [-0.1, -0.05) is 11.6 Å². The van der Waals surface area contributed by atoms with E-state index in [1.165, 1.54) is 11.3 Å². The SMILES string of the molecule is Cc1ccc(C(=O)Nc2nccs2)cc1B1OC(C)(C)C(C)(C)O1. The Balaban J connectivity index is 1.86. The van der Waals surface area contributed by atoms with Crippen molar-refractivity contribution in [3.05, 3.63) is 40.9 Å². The number of aromatic nitrogens is 1. The number of aryl methyl sites for hydroxylation is 1. The highest BCUT2D eigenvalue weighted by molar-refractivity contribution is 7.13. The minimum atomic E-state index is -0.484. The second kappa shape index (κ2) is 5.99. The molecule has 7 heteroatoms. The minimum absolute atomic E-state index is 0.192. The molecule has 2 heterocycles. The molecule has 0 atom stereocenters. The van der Waals surface area contributed by atoms with Gasteiger partial charge in [-0.05, 0) is 52.2 Å². The molecule has 24 heavy (non-hydrogen) atoms. The number of amides is 1. The standard InChI is InChI=1S/C17H21BN2O3S/c1-11-6-7-12(14(21)20-15-19-8-9-24-15)10-13(11)18-22-16(2,3)17(4,5)23-18/h6-10H,1-5H3,(H,19,20,21). The Kier molecular flexibility index (Phi) is 4.27. The Bertz CT molecular complexity index is 743. The van der Waals surface area contributed by atoms with Crippen LogP contribution in [-0.2, 0) is 9.31 Å². The van der Waals surface area contributed by atoms with Crippen LogP contribution in [0.15, 0.2) is 29.8 Å². The Hall–Kier alpha value is -1.70. The number of nitrogens with zero attached hydrogens (tertiary/aromatic N) is 1. The first-order valence-electron chi connectivity index (χ1n) is 7.87. The fourth-order valence-corrected chi connectivity index (χ4v) is 2.98. The molecule has 2 aromatic rings. The van der Waals surface area contributed by atoms with E-state index in [2.05, 4.69) is 10.3 Å². The second-order valence-electron chi connectivity index (χ2n) is 6.95. The van der Waals surface area contributed by atoms with E-state index in [4.69, 9.17) is 9.31 Å². The van der Waals surface area contributed by atoms with Gasteiger partial charge >= 0.3 is 7.12 Å². The van der Waals surface area contributed by atoms with Crippen LogP contribution in [0.1, 0.15) is 43.6 Å². The van der Waals surface area contributed by atoms with Crippen LogP contribution < -0.4 is 10.8 Å². The van der Waals surface area contributed by atoms with Gasteiger partial charge in [0.15, 0.2) is 5.13 Å². The monoisotopic (exact) mass is 344 g/mol. The molecule has 0 saturated carbocycles. The molecule has 0 aliphatic carbocycles. The van der Waals surface area contributed by atoms with E-state index in [9.17, 15) is 4.79 Å². The number of hydrogen-bond donors (Lipinski definition) is 1. The van der Waals surface area contributed by atoms with Gasteiger partial charge in [0.05, 0.1) is 11.2 Å².